The average molecular weight is 290 g/mol. The van der Waals surface area contributed by atoms with Crippen LogP contribution < -0.4 is 5.73 Å². The van der Waals surface area contributed by atoms with Gasteiger partial charge in [-0.3, -0.25) is 0 Å². The monoisotopic (exact) mass is 290 g/mol. The number of hydrogen-bond acceptors (Lipinski definition) is 5. The van der Waals surface area contributed by atoms with Gasteiger partial charge >= 0.3 is 0 Å². The van der Waals surface area contributed by atoms with E-state index in [1.54, 1.807) is 23.1 Å². The van der Waals surface area contributed by atoms with E-state index in [0.717, 1.165) is 39.7 Å². The summed E-state index contributed by atoms with van der Waals surface area (Å²) < 4.78 is 0. The van der Waals surface area contributed by atoms with Crippen LogP contribution in [0.1, 0.15) is 10.6 Å². The normalized spacial score (nSPS) is 11.2. The lowest BCUT2D eigenvalue weighted by atomic mass is 10.3. The van der Waals surface area contributed by atoms with Crippen molar-refractivity contribution in [3.8, 4) is 0 Å². The maximum absolute atomic E-state index is 5.75. The molecule has 0 saturated carbocycles. The number of fused-ring (bicyclic) bond motifs is 1. The topological polar surface area (TPSA) is 67.6 Å². The second kappa shape index (κ2) is 5.22. The molecule has 0 atom stereocenters. The lowest BCUT2D eigenvalue weighted by Gasteiger charge is -1.97. The van der Waals surface area contributed by atoms with Crippen molar-refractivity contribution in [2.45, 2.75) is 18.5 Å². The molecule has 0 aliphatic rings. The second-order valence-electron chi connectivity index (χ2n) is 4.28. The zero-order valence-electron chi connectivity index (χ0n) is 10.5. The van der Waals surface area contributed by atoms with Crippen LogP contribution in [-0.4, -0.2) is 20.7 Å². The Bertz CT molecular complexity index is 702. The number of rotatable bonds is 4. The van der Waals surface area contributed by atoms with Crippen LogP contribution in [0.4, 0.5) is 5.69 Å². The minimum atomic E-state index is 0.757. The molecular weight excluding hydrogens is 276 g/mol. The minimum absolute atomic E-state index is 0.757. The first kappa shape index (κ1) is 12.5. The van der Waals surface area contributed by atoms with Crippen LogP contribution in [-0.2, 0) is 6.42 Å². The van der Waals surface area contributed by atoms with Crippen LogP contribution in [0.25, 0.3) is 11.0 Å². The van der Waals surface area contributed by atoms with E-state index in [1.807, 2.05) is 23.7 Å². The highest BCUT2D eigenvalue weighted by Crippen LogP contribution is 2.23. The quantitative estimate of drug-likeness (QED) is 0.572. The van der Waals surface area contributed by atoms with E-state index in [-0.39, 0.29) is 0 Å². The molecule has 19 heavy (non-hydrogen) atoms. The fourth-order valence-electron chi connectivity index (χ4n) is 1.88. The summed E-state index contributed by atoms with van der Waals surface area (Å²) in [6.07, 6.45) is 1.03. The Morgan fingerprint density at radius 3 is 3.11 bits per heavy atom. The molecule has 98 valence electrons. The molecule has 0 amide bonds. The molecule has 0 radical (unpaired) electrons. The van der Waals surface area contributed by atoms with Crippen molar-refractivity contribution in [2.75, 3.05) is 11.5 Å². The second-order valence-corrected chi connectivity index (χ2v) is 6.30. The molecule has 0 saturated heterocycles. The van der Waals surface area contributed by atoms with Gasteiger partial charge in [0, 0.05) is 16.3 Å². The van der Waals surface area contributed by atoms with Gasteiger partial charge in [0.15, 0.2) is 5.16 Å². The number of benzene rings is 1. The van der Waals surface area contributed by atoms with E-state index in [9.17, 15) is 0 Å². The number of nitrogens with one attached hydrogen (secondary N) is 1. The number of aromatic nitrogens is 3. The number of nitrogens with zero attached hydrogens (tertiary/aromatic N) is 2. The van der Waals surface area contributed by atoms with Gasteiger partial charge in [0.05, 0.1) is 22.2 Å². The Kier molecular flexibility index (Phi) is 3.44. The molecule has 3 rings (SSSR count). The minimum Gasteiger partial charge on any atom is -0.399 e. The first-order valence-corrected chi connectivity index (χ1v) is 7.86. The molecule has 3 aromatic rings. The SMILES string of the molecule is Cc1ncsc1CCSc1nc2ccc(N)cc2[nH]1. The Balaban J connectivity index is 1.67. The summed E-state index contributed by atoms with van der Waals surface area (Å²) in [6.45, 7) is 2.06. The predicted molar refractivity (Wildman–Crippen MR) is 81.8 cm³/mol. The number of imidazole rings is 1. The number of H-pyrrole nitrogens is 1. The fraction of sp³-hybridized carbons (Fsp3) is 0.231. The van der Waals surface area contributed by atoms with Crippen LogP contribution >= 0.6 is 23.1 Å². The third-order valence-corrected chi connectivity index (χ3v) is 4.77. The summed E-state index contributed by atoms with van der Waals surface area (Å²) in [5, 5.41) is 0.947. The average Bonchev–Trinajstić information content (AvgIpc) is 2.95. The number of aromatic amines is 1. The fourth-order valence-corrected chi connectivity index (χ4v) is 3.63. The van der Waals surface area contributed by atoms with E-state index < -0.39 is 0 Å². The van der Waals surface area contributed by atoms with Gasteiger partial charge in [-0.05, 0) is 31.5 Å². The molecular formula is C13H14N4S2. The molecule has 0 spiro atoms. The molecule has 2 heterocycles. The smallest absolute Gasteiger partial charge is 0.166 e. The molecule has 0 fully saturated rings. The number of anilines is 1. The van der Waals surface area contributed by atoms with Crippen molar-refractivity contribution in [3.05, 3.63) is 34.3 Å². The zero-order chi connectivity index (χ0) is 13.2. The van der Waals surface area contributed by atoms with Gasteiger partial charge in [-0.1, -0.05) is 11.8 Å². The summed E-state index contributed by atoms with van der Waals surface area (Å²) in [5.74, 6) is 0.998. The molecule has 4 nitrogen and oxygen atoms in total. The van der Waals surface area contributed by atoms with Gasteiger partial charge in [-0.15, -0.1) is 11.3 Å². The van der Waals surface area contributed by atoms with Gasteiger partial charge in [0.1, 0.15) is 0 Å². The molecule has 0 unspecified atom stereocenters. The lowest BCUT2D eigenvalue weighted by Crippen LogP contribution is -1.88. The Morgan fingerprint density at radius 1 is 1.42 bits per heavy atom. The Labute approximate surface area is 119 Å². The van der Waals surface area contributed by atoms with Gasteiger partial charge in [0.2, 0.25) is 0 Å². The summed E-state index contributed by atoms with van der Waals surface area (Å²) in [6, 6.07) is 5.73. The van der Waals surface area contributed by atoms with Crippen molar-refractivity contribution in [3.63, 3.8) is 0 Å². The van der Waals surface area contributed by atoms with Gasteiger partial charge in [0.25, 0.3) is 0 Å². The molecule has 3 N–H and O–H groups in total. The van der Waals surface area contributed by atoms with E-state index >= 15 is 0 Å². The largest absolute Gasteiger partial charge is 0.399 e. The van der Waals surface area contributed by atoms with E-state index in [4.69, 9.17) is 5.73 Å². The number of thioether (sulfide) groups is 1. The van der Waals surface area contributed by atoms with Crippen LogP contribution in [0.2, 0.25) is 0 Å². The maximum Gasteiger partial charge on any atom is 0.166 e. The molecule has 0 bridgehead atoms. The lowest BCUT2D eigenvalue weighted by molar-refractivity contribution is 1.06. The maximum atomic E-state index is 5.75. The summed E-state index contributed by atoms with van der Waals surface area (Å²) in [5.41, 5.74) is 11.5. The number of thiazole rings is 1. The molecule has 6 heteroatoms. The summed E-state index contributed by atoms with van der Waals surface area (Å²) >= 11 is 3.45. The van der Waals surface area contributed by atoms with Crippen molar-refractivity contribution in [1.82, 2.24) is 15.0 Å². The number of nitrogen functional groups attached to an aromatic ring is 1. The van der Waals surface area contributed by atoms with Crippen molar-refractivity contribution >= 4 is 39.8 Å². The number of hydrogen-bond donors (Lipinski definition) is 2. The third-order valence-electron chi connectivity index (χ3n) is 2.90. The molecule has 1 aromatic carbocycles. The first-order chi connectivity index (χ1) is 9.22. The van der Waals surface area contributed by atoms with E-state index in [0.29, 0.717) is 0 Å². The molecule has 0 aliphatic carbocycles. The van der Waals surface area contributed by atoms with Crippen LogP contribution in [0.3, 0.4) is 0 Å². The van der Waals surface area contributed by atoms with Crippen molar-refractivity contribution in [2.24, 2.45) is 0 Å². The van der Waals surface area contributed by atoms with E-state index in [1.165, 1.54) is 4.88 Å². The van der Waals surface area contributed by atoms with Gasteiger partial charge in [-0.25, -0.2) is 9.97 Å². The highest BCUT2D eigenvalue weighted by molar-refractivity contribution is 7.99. The Hall–Kier alpha value is -1.53. The van der Waals surface area contributed by atoms with Crippen LogP contribution in [0.15, 0.2) is 28.9 Å². The molecule has 2 aromatic heterocycles. The predicted octanol–water partition coefficient (Wildman–Crippen LogP) is 3.24. The zero-order valence-corrected chi connectivity index (χ0v) is 12.1. The third kappa shape index (κ3) is 2.74. The molecule has 0 aliphatic heterocycles. The highest BCUT2D eigenvalue weighted by Gasteiger charge is 2.05. The van der Waals surface area contributed by atoms with Gasteiger partial charge in [-0.2, -0.15) is 0 Å². The summed E-state index contributed by atoms with van der Waals surface area (Å²) in [7, 11) is 0. The first-order valence-electron chi connectivity index (χ1n) is 5.99. The highest BCUT2D eigenvalue weighted by atomic mass is 32.2. The van der Waals surface area contributed by atoms with Crippen molar-refractivity contribution < 1.29 is 0 Å². The van der Waals surface area contributed by atoms with Crippen LogP contribution in [0, 0.1) is 6.92 Å². The van der Waals surface area contributed by atoms with Gasteiger partial charge < -0.3 is 10.7 Å². The van der Waals surface area contributed by atoms with Crippen LogP contribution in [0.5, 0.6) is 0 Å². The summed E-state index contributed by atoms with van der Waals surface area (Å²) in [4.78, 5) is 13.4. The standard InChI is InChI=1S/C13H14N4S2/c1-8-12(19-7-15-8)4-5-18-13-16-10-3-2-9(14)6-11(10)17-13/h2-3,6-7H,4-5,14H2,1H3,(H,16,17). The number of nitrogens with two attached hydrogens (primary N) is 1. The van der Waals surface area contributed by atoms with Crippen molar-refractivity contribution in [1.29, 1.82) is 0 Å². The van der Waals surface area contributed by atoms with E-state index in [2.05, 4.69) is 21.9 Å². The number of aryl methyl sites for hydroxylation is 2. The Morgan fingerprint density at radius 2 is 2.32 bits per heavy atom.